The van der Waals surface area contributed by atoms with Crippen molar-refractivity contribution in [2.45, 2.75) is 66.1 Å². The highest BCUT2D eigenvalue weighted by Gasteiger charge is 2.39. The molecule has 0 saturated carbocycles. The minimum atomic E-state index is -0.507. The molecule has 4 heteroatoms. The summed E-state index contributed by atoms with van der Waals surface area (Å²) in [6.07, 6.45) is 0.569. The lowest BCUT2D eigenvalue weighted by atomic mass is 9.88. The predicted octanol–water partition coefficient (Wildman–Crippen LogP) is 3.15. The van der Waals surface area contributed by atoms with Gasteiger partial charge < -0.3 is 10.2 Å². The number of nitrogens with one attached hydrogen (secondary N) is 1. The Kier molecular flexibility index (Phi) is 4.56. The van der Waals surface area contributed by atoms with E-state index in [4.69, 9.17) is 0 Å². The summed E-state index contributed by atoms with van der Waals surface area (Å²) >= 11 is 0. The maximum Gasteiger partial charge on any atom is 0.243 e. The third-order valence-electron chi connectivity index (χ3n) is 3.95. The van der Waals surface area contributed by atoms with Crippen LogP contribution in [0.5, 0.6) is 0 Å². The van der Waals surface area contributed by atoms with Crippen LogP contribution < -0.4 is 5.32 Å². The second-order valence-electron chi connectivity index (χ2n) is 8.41. The van der Waals surface area contributed by atoms with Crippen molar-refractivity contribution in [2.24, 2.45) is 5.41 Å². The molecular formula is C19H30N2O2. The molecule has 1 unspecified atom stereocenters. The lowest BCUT2D eigenvalue weighted by Gasteiger charge is -2.40. The van der Waals surface area contributed by atoms with Gasteiger partial charge in [-0.1, -0.05) is 45.0 Å². The van der Waals surface area contributed by atoms with Gasteiger partial charge >= 0.3 is 0 Å². The minimum Gasteiger partial charge on any atom is -0.350 e. The number of hydrogen-bond donors (Lipinski definition) is 1. The van der Waals surface area contributed by atoms with Gasteiger partial charge in [-0.25, -0.2) is 0 Å². The van der Waals surface area contributed by atoms with Gasteiger partial charge in [0.05, 0.1) is 0 Å². The number of benzene rings is 1. The number of amides is 2. The molecule has 1 aliphatic rings. The first-order valence-corrected chi connectivity index (χ1v) is 8.19. The van der Waals surface area contributed by atoms with Crippen molar-refractivity contribution in [3.05, 3.63) is 35.4 Å². The van der Waals surface area contributed by atoms with Crippen LogP contribution in [-0.2, 0) is 22.6 Å². The van der Waals surface area contributed by atoms with Crippen LogP contribution in [0.3, 0.4) is 0 Å². The molecule has 0 aromatic heterocycles. The normalized spacial score (nSPS) is 18.3. The third kappa shape index (κ3) is 4.12. The van der Waals surface area contributed by atoms with Crippen LogP contribution in [0.2, 0.25) is 0 Å². The number of hydrogen-bond acceptors (Lipinski definition) is 2. The highest BCUT2D eigenvalue weighted by Crippen LogP contribution is 2.28. The Labute approximate surface area is 140 Å². The molecule has 1 aliphatic heterocycles. The summed E-state index contributed by atoms with van der Waals surface area (Å²) in [4.78, 5) is 27.4. The molecule has 23 heavy (non-hydrogen) atoms. The summed E-state index contributed by atoms with van der Waals surface area (Å²) in [6.45, 7) is 12.1. The lowest BCUT2D eigenvalue weighted by Crippen LogP contribution is -2.57. The Hall–Kier alpha value is -1.84. The fourth-order valence-corrected chi connectivity index (χ4v) is 2.85. The van der Waals surface area contributed by atoms with Gasteiger partial charge in [-0.15, -0.1) is 0 Å². The summed E-state index contributed by atoms with van der Waals surface area (Å²) in [5, 5.41) is 3.02. The summed E-state index contributed by atoms with van der Waals surface area (Å²) < 4.78 is 0. The van der Waals surface area contributed by atoms with E-state index in [1.54, 1.807) is 4.90 Å². The van der Waals surface area contributed by atoms with Crippen molar-refractivity contribution in [3.8, 4) is 0 Å². The van der Waals surface area contributed by atoms with Crippen LogP contribution in [0.15, 0.2) is 24.3 Å². The summed E-state index contributed by atoms with van der Waals surface area (Å²) in [7, 11) is 0. The molecule has 0 saturated heterocycles. The Morgan fingerprint density at radius 1 is 1.09 bits per heavy atom. The first-order valence-electron chi connectivity index (χ1n) is 8.19. The first-order chi connectivity index (χ1) is 10.5. The first kappa shape index (κ1) is 17.5. The van der Waals surface area contributed by atoms with Crippen molar-refractivity contribution in [2.75, 3.05) is 0 Å². The summed E-state index contributed by atoms with van der Waals surface area (Å²) in [5.41, 5.74) is 1.46. The van der Waals surface area contributed by atoms with E-state index >= 15 is 0 Å². The standard InChI is InChI=1S/C19H28N2O2.H2/c1-18(2,3)17(23)21-12-14-10-8-7-9-13(14)11-15(21)16(22)20-19(4,5)6;/h7-10,15H,11-12H2,1-6H3,(H,20,22);1H. The second-order valence-corrected chi connectivity index (χ2v) is 8.41. The Bertz CT molecular complexity index is 615. The summed E-state index contributed by atoms with van der Waals surface area (Å²) in [5.74, 6) is -0.0642. The SMILES string of the molecule is CC(C)(C)NC(=O)C1Cc2ccccc2CN1C(=O)C(C)(C)C.[HH]. The fraction of sp³-hybridized carbons (Fsp3) is 0.579. The van der Waals surface area contributed by atoms with E-state index < -0.39 is 11.5 Å². The molecule has 128 valence electrons. The molecule has 0 radical (unpaired) electrons. The van der Waals surface area contributed by atoms with Gasteiger partial charge in [-0.05, 0) is 31.9 Å². The molecule has 1 atom stereocenters. The van der Waals surface area contributed by atoms with Crippen molar-refractivity contribution < 1.29 is 11.0 Å². The zero-order valence-electron chi connectivity index (χ0n) is 15.1. The number of nitrogens with zero attached hydrogens (tertiary/aromatic N) is 1. The van der Waals surface area contributed by atoms with Gasteiger partial charge in [0, 0.05) is 25.3 Å². The molecule has 0 aliphatic carbocycles. The van der Waals surface area contributed by atoms with Crippen LogP contribution in [0.25, 0.3) is 0 Å². The largest absolute Gasteiger partial charge is 0.350 e. The van der Waals surface area contributed by atoms with Gasteiger partial charge in [-0.2, -0.15) is 0 Å². The Morgan fingerprint density at radius 3 is 2.17 bits per heavy atom. The molecule has 1 aromatic rings. The van der Waals surface area contributed by atoms with E-state index in [0.29, 0.717) is 13.0 Å². The zero-order chi connectivity index (χ0) is 17.4. The molecule has 1 aromatic carbocycles. The van der Waals surface area contributed by atoms with Crippen LogP contribution in [-0.4, -0.2) is 28.3 Å². The topological polar surface area (TPSA) is 49.4 Å². The van der Waals surface area contributed by atoms with E-state index in [1.807, 2.05) is 65.8 Å². The van der Waals surface area contributed by atoms with Gasteiger partial charge in [0.15, 0.2) is 0 Å². The van der Waals surface area contributed by atoms with Crippen molar-refractivity contribution >= 4 is 11.8 Å². The van der Waals surface area contributed by atoms with E-state index in [2.05, 4.69) is 5.32 Å². The van der Waals surface area contributed by atoms with E-state index in [1.165, 1.54) is 0 Å². The molecule has 2 amide bonds. The smallest absolute Gasteiger partial charge is 0.243 e. The van der Waals surface area contributed by atoms with Gasteiger partial charge in [0.2, 0.25) is 11.8 Å². The number of carbonyl (C=O) groups is 2. The molecule has 1 heterocycles. The third-order valence-corrected chi connectivity index (χ3v) is 3.95. The Balaban J connectivity index is 0.00000288. The van der Waals surface area contributed by atoms with Crippen molar-refractivity contribution in [1.29, 1.82) is 0 Å². The van der Waals surface area contributed by atoms with Crippen LogP contribution in [0.4, 0.5) is 0 Å². The second kappa shape index (κ2) is 5.99. The van der Waals surface area contributed by atoms with Gasteiger partial charge in [0.1, 0.15) is 6.04 Å². The average Bonchev–Trinajstić information content (AvgIpc) is 2.42. The monoisotopic (exact) mass is 318 g/mol. The molecular weight excluding hydrogens is 288 g/mol. The maximum absolute atomic E-state index is 12.9. The predicted molar refractivity (Wildman–Crippen MR) is 93.9 cm³/mol. The van der Waals surface area contributed by atoms with Crippen LogP contribution in [0.1, 0.15) is 54.1 Å². The number of rotatable bonds is 1. The van der Waals surface area contributed by atoms with Gasteiger partial charge in [-0.3, -0.25) is 9.59 Å². The fourth-order valence-electron chi connectivity index (χ4n) is 2.85. The lowest BCUT2D eigenvalue weighted by molar-refractivity contribution is -0.148. The summed E-state index contributed by atoms with van der Waals surface area (Å²) in [6, 6.07) is 7.60. The minimum absolute atomic E-state index is 0. The van der Waals surface area contributed by atoms with E-state index in [0.717, 1.165) is 11.1 Å². The Morgan fingerprint density at radius 2 is 1.65 bits per heavy atom. The molecule has 2 rings (SSSR count). The van der Waals surface area contributed by atoms with E-state index in [-0.39, 0.29) is 18.8 Å². The molecule has 1 N–H and O–H groups in total. The highest BCUT2D eigenvalue weighted by atomic mass is 16.2. The molecule has 0 fully saturated rings. The maximum atomic E-state index is 12.9. The van der Waals surface area contributed by atoms with E-state index in [9.17, 15) is 9.59 Å². The highest BCUT2D eigenvalue weighted by molar-refractivity contribution is 5.90. The average molecular weight is 318 g/mol. The molecule has 4 nitrogen and oxygen atoms in total. The van der Waals surface area contributed by atoms with Gasteiger partial charge in [0.25, 0.3) is 0 Å². The number of fused-ring (bicyclic) bond motifs is 1. The molecule has 0 bridgehead atoms. The van der Waals surface area contributed by atoms with Crippen molar-refractivity contribution in [1.82, 2.24) is 10.2 Å². The number of carbonyl (C=O) groups excluding carboxylic acids is 2. The van der Waals surface area contributed by atoms with Crippen LogP contribution in [0, 0.1) is 5.41 Å². The molecule has 0 spiro atoms. The zero-order valence-corrected chi connectivity index (χ0v) is 15.1. The van der Waals surface area contributed by atoms with Crippen LogP contribution >= 0.6 is 0 Å². The van der Waals surface area contributed by atoms with Crippen molar-refractivity contribution in [3.63, 3.8) is 0 Å². The quantitative estimate of drug-likeness (QED) is 0.865.